The second-order valence-electron chi connectivity index (χ2n) is 6.28. The van der Waals surface area contributed by atoms with Crippen LogP contribution in [-0.2, 0) is 4.79 Å². The molecule has 2 rings (SSSR count). The van der Waals surface area contributed by atoms with Crippen molar-refractivity contribution in [2.24, 2.45) is 5.92 Å². The minimum atomic E-state index is 0. The molecule has 1 aliphatic heterocycles. The number of nitrogens with zero attached hydrogens (tertiary/aromatic N) is 1. The fourth-order valence-corrected chi connectivity index (χ4v) is 3.64. The van der Waals surface area contributed by atoms with Gasteiger partial charge in [0.2, 0.25) is 5.91 Å². The fourth-order valence-electron chi connectivity index (χ4n) is 3.64. The molecular weight excluding hydrogens is 272 g/mol. The lowest BCUT2D eigenvalue weighted by Crippen LogP contribution is -2.42. The molecule has 1 heterocycles. The molecule has 0 bridgehead atoms. The Morgan fingerprint density at radius 2 is 2.00 bits per heavy atom. The Kier molecular flexibility index (Phi) is 8.55. The number of rotatable bonds is 7. The number of hydrogen-bond donors (Lipinski definition) is 1. The molecule has 0 aromatic heterocycles. The van der Waals surface area contributed by atoms with Crippen LogP contribution in [-0.4, -0.2) is 36.5 Å². The second-order valence-corrected chi connectivity index (χ2v) is 6.28. The Hall–Kier alpha value is -0.280. The highest BCUT2D eigenvalue weighted by atomic mass is 35.5. The summed E-state index contributed by atoms with van der Waals surface area (Å²) in [7, 11) is 0. The maximum atomic E-state index is 12.4. The van der Waals surface area contributed by atoms with Gasteiger partial charge in [0.15, 0.2) is 0 Å². The highest BCUT2D eigenvalue weighted by Crippen LogP contribution is 2.29. The Morgan fingerprint density at radius 1 is 1.25 bits per heavy atom. The molecule has 1 atom stereocenters. The van der Waals surface area contributed by atoms with Crippen molar-refractivity contribution in [1.29, 1.82) is 0 Å². The van der Waals surface area contributed by atoms with Gasteiger partial charge in [0, 0.05) is 25.6 Å². The minimum Gasteiger partial charge on any atom is -0.338 e. The zero-order valence-electron chi connectivity index (χ0n) is 12.9. The third-order valence-corrected chi connectivity index (χ3v) is 4.74. The van der Waals surface area contributed by atoms with E-state index in [2.05, 4.69) is 17.1 Å². The Labute approximate surface area is 130 Å². The molecule has 1 saturated carbocycles. The molecule has 118 valence electrons. The topological polar surface area (TPSA) is 32.3 Å². The molecular formula is C16H31ClN2O. The van der Waals surface area contributed by atoms with Crippen LogP contribution in [0.4, 0.5) is 0 Å². The quantitative estimate of drug-likeness (QED) is 0.782. The predicted octanol–water partition coefficient (Wildman–Crippen LogP) is 3.37. The summed E-state index contributed by atoms with van der Waals surface area (Å²) < 4.78 is 0. The average molecular weight is 303 g/mol. The molecule has 1 N–H and O–H groups in total. The number of amides is 1. The van der Waals surface area contributed by atoms with E-state index in [4.69, 9.17) is 0 Å². The number of nitrogens with one attached hydrogen (secondary N) is 1. The third-order valence-electron chi connectivity index (χ3n) is 4.74. The highest BCUT2D eigenvalue weighted by molar-refractivity contribution is 5.85. The van der Waals surface area contributed by atoms with Crippen molar-refractivity contribution in [1.82, 2.24) is 10.2 Å². The Bertz CT molecular complexity index is 274. The van der Waals surface area contributed by atoms with Gasteiger partial charge in [0.05, 0.1) is 0 Å². The zero-order chi connectivity index (χ0) is 13.5. The summed E-state index contributed by atoms with van der Waals surface area (Å²) in [5.41, 5.74) is 0. The molecule has 1 saturated heterocycles. The summed E-state index contributed by atoms with van der Waals surface area (Å²) in [5.74, 6) is 1.31. The molecule has 0 aromatic carbocycles. The molecule has 3 nitrogen and oxygen atoms in total. The first-order valence-electron chi connectivity index (χ1n) is 8.31. The van der Waals surface area contributed by atoms with Gasteiger partial charge >= 0.3 is 0 Å². The van der Waals surface area contributed by atoms with E-state index in [-0.39, 0.29) is 12.4 Å². The minimum absolute atomic E-state index is 0. The first-order valence-corrected chi connectivity index (χ1v) is 8.31. The standard InChI is InChI=1S/C16H30N2O.ClH/c1-2-12-18(15-10-11-17-13-15)16(19)9-5-8-14-6-3-4-7-14;/h14-15,17H,2-13H2,1H3;1H. The Balaban J connectivity index is 0.00000200. The normalized spacial score (nSPS) is 22.8. The van der Waals surface area contributed by atoms with Crippen LogP contribution in [0.3, 0.4) is 0 Å². The molecule has 0 radical (unpaired) electrons. The van der Waals surface area contributed by atoms with Crippen LogP contribution < -0.4 is 5.32 Å². The van der Waals surface area contributed by atoms with E-state index in [9.17, 15) is 4.79 Å². The number of carbonyl (C=O) groups is 1. The fraction of sp³-hybridized carbons (Fsp3) is 0.938. The van der Waals surface area contributed by atoms with Gasteiger partial charge < -0.3 is 10.2 Å². The lowest BCUT2D eigenvalue weighted by atomic mass is 10.00. The van der Waals surface area contributed by atoms with E-state index in [0.29, 0.717) is 11.9 Å². The predicted molar refractivity (Wildman–Crippen MR) is 86.3 cm³/mol. The van der Waals surface area contributed by atoms with Crippen LogP contribution in [0.5, 0.6) is 0 Å². The Morgan fingerprint density at radius 3 is 2.60 bits per heavy atom. The van der Waals surface area contributed by atoms with Crippen LogP contribution in [0.2, 0.25) is 0 Å². The van der Waals surface area contributed by atoms with Gasteiger partial charge in [-0.3, -0.25) is 4.79 Å². The first-order chi connectivity index (χ1) is 9.31. The van der Waals surface area contributed by atoms with Crippen molar-refractivity contribution in [2.45, 2.75) is 70.8 Å². The summed E-state index contributed by atoms with van der Waals surface area (Å²) in [6, 6.07) is 0.457. The van der Waals surface area contributed by atoms with E-state index >= 15 is 0 Å². The number of hydrogen-bond acceptors (Lipinski definition) is 2. The van der Waals surface area contributed by atoms with Gasteiger partial charge in [0.25, 0.3) is 0 Å². The lowest BCUT2D eigenvalue weighted by Gasteiger charge is -2.28. The van der Waals surface area contributed by atoms with Gasteiger partial charge in [-0.15, -0.1) is 12.4 Å². The maximum absolute atomic E-state index is 12.4. The SMILES string of the molecule is CCCN(C(=O)CCCC1CCCC1)C1CCNC1.Cl. The van der Waals surface area contributed by atoms with Crippen molar-refractivity contribution in [3.05, 3.63) is 0 Å². The van der Waals surface area contributed by atoms with E-state index in [1.54, 1.807) is 0 Å². The van der Waals surface area contributed by atoms with Crippen molar-refractivity contribution >= 4 is 18.3 Å². The summed E-state index contributed by atoms with van der Waals surface area (Å²) in [5, 5.41) is 3.37. The van der Waals surface area contributed by atoms with Crippen molar-refractivity contribution in [3.8, 4) is 0 Å². The van der Waals surface area contributed by atoms with Crippen molar-refractivity contribution in [3.63, 3.8) is 0 Å². The number of carbonyl (C=O) groups excluding carboxylic acids is 1. The van der Waals surface area contributed by atoms with Gasteiger partial charge in [0.1, 0.15) is 0 Å². The van der Waals surface area contributed by atoms with Crippen LogP contribution in [0.1, 0.15) is 64.7 Å². The zero-order valence-corrected chi connectivity index (χ0v) is 13.7. The van der Waals surface area contributed by atoms with Gasteiger partial charge in [-0.1, -0.05) is 32.6 Å². The van der Waals surface area contributed by atoms with E-state index in [1.165, 1.54) is 32.1 Å². The van der Waals surface area contributed by atoms with Crippen LogP contribution >= 0.6 is 12.4 Å². The molecule has 2 fully saturated rings. The molecule has 1 unspecified atom stereocenters. The van der Waals surface area contributed by atoms with Crippen LogP contribution in [0.15, 0.2) is 0 Å². The van der Waals surface area contributed by atoms with Crippen LogP contribution in [0.25, 0.3) is 0 Å². The molecule has 1 aliphatic carbocycles. The first kappa shape index (κ1) is 17.8. The summed E-state index contributed by atoms with van der Waals surface area (Å²) in [6.45, 7) is 5.17. The van der Waals surface area contributed by atoms with E-state index < -0.39 is 0 Å². The highest BCUT2D eigenvalue weighted by Gasteiger charge is 2.25. The maximum Gasteiger partial charge on any atom is 0.222 e. The van der Waals surface area contributed by atoms with E-state index in [1.807, 2.05) is 0 Å². The van der Waals surface area contributed by atoms with Crippen LogP contribution in [0, 0.1) is 5.92 Å². The summed E-state index contributed by atoms with van der Waals surface area (Å²) in [4.78, 5) is 14.5. The summed E-state index contributed by atoms with van der Waals surface area (Å²) >= 11 is 0. The van der Waals surface area contributed by atoms with Gasteiger partial charge in [-0.2, -0.15) is 0 Å². The lowest BCUT2D eigenvalue weighted by molar-refractivity contribution is -0.133. The van der Waals surface area contributed by atoms with Gasteiger partial charge in [-0.25, -0.2) is 0 Å². The molecule has 2 aliphatic rings. The van der Waals surface area contributed by atoms with Crippen molar-refractivity contribution < 1.29 is 4.79 Å². The smallest absolute Gasteiger partial charge is 0.222 e. The molecule has 4 heteroatoms. The summed E-state index contributed by atoms with van der Waals surface area (Å²) in [6.07, 6.45) is 11.0. The van der Waals surface area contributed by atoms with Gasteiger partial charge in [-0.05, 0) is 38.1 Å². The average Bonchev–Trinajstić information content (AvgIpc) is 3.08. The van der Waals surface area contributed by atoms with E-state index in [0.717, 1.165) is 51.2 Å². The number of halogens is 1. The third kappa shape index (κ3) is 5.25. The second kappa shape index (κ2) is 9.62. The van der Waals surface area contributed by atoms with Crippen molar-refractivity contribution in [2.75, 3.05) is 19.6 Å². The molecule has 0 spiro atoms. The monoisotopic (exact) mass is 302 g/mol. The molecule has 20 heavy (non-hydrogen) atoms. The largest absolute Gasteiger partial charge is 0.338 e. The molecule has 0 aromatic rings. The molecule has 1 amide bonds.